The van der Waals surface area contributed by atoms with Gasteiger partial charge in [-0.15, -0.1) is 0 Å². The number of anilines is 1. The Morgan fingerprint density at radius 1 is 1.11 bits per heavy atom. The first-order valence-corrected chi connectivity index (χ1v) is 12.2. The monoisotopic (exact) mass is 489 g/mol. The van der Waals surface area contributed by atoms with Crippen LogP contribution in [0, 0.1) is 0 Å². The summed E-state index contributed by atoms with van der Waals surface area (Å²) < 4.78 is 7.71. The summed E-state index contributed by atoms with van der Waals surface area (Å²) in [5.74, 6) is 0.156. The predicted molar refractivity (Wildman–Crippen MR) is 133 cm³/mol. The molecule has 1 aliphatic rings. The standard InChI is InChI=1S/C25H23N5O4S/c1-34-23(32)14-29-24(33)18-9-5-6-10-19(18)26-25(29)35-15-22(31)27-21-13-20(16-11-12-16)28-30(21)17-7-3-2-4-8-17/h2-10,13,16H,11-12,14-15H2,1H3,(H,27,31). The molecule has 1 amide bonds. The highest BCUT2D eigenvalue weighted by Gasteiger charge is 2.28. The molecule has 1 N–H and O–H groups in total. The molecule has 178 valence electrons. The van der Waals surface area contributed by atoms with E-state index in [-0.39, 0.29) is 28.9 Å². The van der Waals surface area contributed by atoms with Gasteiger partial charge in [-0.3, -0.25) is 19.0 Å². The summed E-state index contributed by atoms with van der Waals surface area (Å²) in [7, 11) is 1.26. The lowest BCUT2D eigenvalue weighted by Gasteiger charge is -2.12. The van der Waals surface area contributed by atoms with Crippen LogP contribution in [0.15, 0.2) is 70.6 Å². The SMILES string of the molecule is COC(=O)Cn1c(SCC(=O)Nc2cc(C3CC3)nn2-c2ccccc2)nc2ccccc2c1=O. The molecule has 2 aromatic heterocycles. The minimum Gasteiger partial charge on any atom is -0.468 e. The van der Waals surface area contributed by atoms with Crippen LogP contribution in [0.2, 0.25) is 0 Å². The Balaban J connectivity index is 1.38. The van der Waals surface area contributed by atoms with Crippen LogP contribution in [0.4, 0.5) is 5.82 Å². The lowest BCUT2D eigenvalue weighted by Crippen LogP contribution is -2.28. The minimum absolute atomic E-state index is 0.00924. The number of benzene rings is 2. The number of carbonyl (C=O) groups excluding carboxylic acids is 2. The maximum absolute atomic E-state index is 13.0. The average Bonchev–Trinajstić information content (AvgIpc) is 3.65. The Labute approximate surface area is 205 Å². The van der Waals surface area contributed by atoms with E-state index in [1.807, 2.05) is 36.4 Å². The van der Waals surface area contributed by atoms with Crippen molar-refractivity contribution >= 4 is 40.4 Å². The molecule has 0 saturated heterocycles. The zero-order valence-corrected chi connectivity index (χ0v) is 19.8. The van der Waals surface area contributed by atoms with Gasteiger partial charge in [-0.25, -0.2) is 9.67 Å². The number of thioether (sulfide) groups is 1. The van der Waals surface area contributed by atoms with Gasteiger partial charge in [-0.2, -0.15) is 5.10 Å². The number of ether oxygens (including phenoxy) is 1. The Kier molecular flexibility index (Phi) is 6.37. The third-order valence-corrected chi connectivity index (χ3v) is 6.64. The van der Waals surface area contributed by atoms with Gasteiger partial charge in [0.2, 0.25) is 5.91 Å². The predicted octanol–water partition coefficient (Wildman–Crippen LogP) is 3.36. The molecule has 0 bridgehead atoms. The molecule has 35 heavy (non-hydrogen) atoms. The molecular formula is C25H23N5O4S. The molecule has 0 radical (unpaired) electrons. The van der Waals surface area contributed by atoms with E-state index >= 15 is 0 Å². The van der Waals surface area contributed by atoms with Crippen molar-refractivity contribution in [3.8, 4) is 5.69 Å². The van der Waals surface area contributed by atoms with Crippen molar-refractivity contribution in [3.63, 3.8) is 0 Å². The van der Waals surface area contributed by atoms with Gasteiger partial charge in [0.05, 0.1) is 35.1 Å². The fraction of sp³-hybridized carbons (Fsp3) is 0.240. The molecule has 0 atom stereocenters. The lowest BCUT2D eigenvalue weighted by atomic mass is 10.2. The second kappa shape index (κ2) is 9.75. The van der Waals surface area contributed by atoms with Crippen LogP contribution in [0.5, 0.6) is 0 Å². The number of para-hydroxylation sites is 2. The molecule has 9 nitrogen and oxygen atoms in total. The molecule has 1 aliphatic carbocycles. The smallest absolute Gasteiger partial charge is 0.325 e. The number of hydrogen-bond acceptors (Lipinski definition) is 7. The number of fused-ring (bicyclic) bond motifs is 1. The molecule has 1 fully saturated rings. The van der Waals surface area contributed by atoms with E-state index in [0.29, 0.717) is 22.6 Å². The van der Waals surface area contributed by atoms with E-state index in [0.717, 1.165) is 36.0 Å². The minimum atomic E-state index is -0.574. The fourth-order valence-corrected chi connectivity index (χ4v) is 4.53. The number of nitrogens with zero attached hydrogens (tertiary/aromatic N) is 4. The molecule has 2 aromatic carbocycles. The van der Waals surface area contributed by atoms with Crippen LogP contribution in [-0.4, -0.2) is 44.1 Å². The topological polar surface area (TPSA) is 108 Å². The molecule has 2 heterocycles. The maximum atomic E-state index is 13.0. The number of carbonyl (C=O) groups is 2. The van der Waals surface area contributed by atoms with E-state index in [9.17, 15) is 14.4 Å². The third kappa shape index (κ3) is 4.97. The van der Waals surface area contributed by atoms with Gasteiger partial charge in [0.25, 0.3) is 5.56 Å². The summed E-state index contributed by atoms with van der Waals surface area (Å²) in [6.45, 7) is -0.289. The van der Waals surface area contributed by atoms with E-state index in [1.165, 1.54) is 11.7 Å². The zero-order valence-electron chi connectivity index (χ0n) is 19.0. The first-order chi connectivity index (χ1) is 17.0. The maximum Gasteiger partial charge on any atom is 0.325 e. The van der Waals surface area contributed by atoms with Crippen molar-refractivity contribution in [2.45, 2.75) is 30.5 Å². The van der Waals surface area contributed by atoms with Gasteiger partial charge in [-0.1, -0.05) is 42.1 Å². The van der Waals surface area contributed by atoms with Crippen LogP contribution in [0.25, 0.3) is 16.6 Å². The van der Waals surface area contributed by atoms with Crippen molar-refractivity contribution in [1.82, 2.24) is 19.3 Å². The van der Waals surface area contributed by atoms with E-state index in [2.05, 4.69) is 10.3 Å². The van der Waals surface area contributed by atoms with Gasteiger partial charge in [-0.05, 0) is 37.1 Å². The molecule has 5 rings (SSSR count). The second-order valence-corrected chi connectivity index (χ2v) is 9.13. The number of esters is 1. The van der Waals surface area contributed by atoms with Crippen LogP contribution >= 0.6 is 11.8 Å². The Morgan fingerprint density at radius 3 is 2.60 bits per heavy atom. The van der Waals surface area contributed by atoms with Crippen LogP contribution < -0.4 is 10.9 Å². The van der Waals surface area contributed by atoms with Crippen LogP contribution in [-0.2, 0) is 20.9 Å². The van der Waals surface area contributed by atoms with Crippen molar-refractivity contribution in [2.75, 3.05) is 18.2 Å². The van der Waals surface area contributed by atoms with E-state index < -0.39 is 5.97 Å². The normalized spacial score (nSPS) is 13.1. The third-order valence-electron chi connectivity index (χ3n) is 5.67. The first-order valence-electron chi connectivity index (χ1n) is 11.2. The zero-order chi connectivity index (χ0) is 24.4. The summed E-state index contributed by atoms with van der Waals surface area (Å²) in [6, 6.07) is 18.4. The molecule has 1 saturated carbocycles. The van der Waals surface area contributed by atoms with Crippen LogP contribution in [0.1, 0.15) is 24.5 Å². The highest BCUT2D eigenvalue weighted by Crippen LogP contribution is 2.40. The largest absolute Gasteiger partial charge is 0.468 e. The molecule has 4 aromatic rings. The number of rotatable bonds is 8. The summed E-state index contributed by atoms with van der Waals surface area (Å²) >= 11 is 1.09. The van der Waals surface area contributed by atoms with Gasteiger partial charge in [0.1, 0.15) is 12.4 Å². The van der Waals surface area contributed by atoms with Crippen molar-refractivity contribution in [3.05, 3.63) is 76.7 Å². The molecule has 0 spiro atoms. The summed E-state index contributed by atoms with van der Waals surface area (Å²) in [4.78, 5) is 42.4. The number of aromatic nitrogens is 4. The van der Waals surface area contributed by atoms with Gasteiger partial charge in [0, 0.05) is 12.0 Å². The van der Waals surface area contributed by atoms with Gasteiger partial charge >= 0.3 is 5.97 Å². The lowest BCUT2D eigenvalue weighted by molar-refractivity contribution is -0.141. The number of nitrogens with one attached hydrogen (secondary N) is 1. The van der Waals surface area contributed by atoms with Gasteiger partial charge in [0.15, 0.2) is 5.16 Å². The molecule has 0 aliphatic heterocycles. The average molecular weight is 490 g/mol. The van der Waals surface area contributed by atoms with Crippen LogP contribution in [0.3, 0.4) is 0 Å². The van der Waals surface area contributed by atoms with Crippen molar-refractivity contribution in [2.24, 2.45) is 0 Å². The number of methoxy groups -OCH3 is 1. The summed E-state index contributed by atoms with van der Waals surface area (Å²) in [6.07, 6.45) is 2.20. The molecule has 10 heteroatoms. The highest BCUT2D eigenvalue weighted by molar-refractivity contribution is 7.99. The van der Waals surface area contributed by atoms with Gasteiger partial charge < -0.3 is 10.1 Å². The fourth-order valence-electron chi connectivity index (χ4n) is 3.73. The highest BCUT2D eigenvalue weighted by atomic mass is 32.2. The van der Waals surface area contributed by atoms with Crippen molar-refractivity contribution in [1.29, 1.82) is 0 Å². The van der Waals surface area contributed by atoms with Crippen molar-refractivity contribution < 1.29 is 14.3 Å². The Bertz CT molecular complexity index is 1460. The number of hydrogen-bond donors (Lipinski definition) is 1. The van der Waals surface area contributed by atoms with E-state index in [1.54, 1.807) is 28.9 Å². The molecule has 0 unspecified atom stereocenters. The number of amides is 1. The Hall–Kier alpha value is -3.92. The molecular weight excluding hydrogens is 466 g/mol. The second-order valence-electron chi connectivity index (χ2n) is 8.19. The quantitative estimate of drug-likeness (QED) is 0.230. The Morgan fingerprint density at radius 2 is 1.86 bits per heavy atom. The van der Waals surface area contributed by atoms with E-state index in [4.69, 9.17) is 9.84 Å². The first kappa shape index (κ1) is 22.9. The summed E-state index contributed by atoms with van der Waals surface area (Å²) in [5, 5.41) is 8.30. The summed E-state index contributed by atoms with van der Waals surface area (Å²) in [5.41, 5.74) is 1.95.